The monoisotopic (exact) mass is 331 g/mol. The number of benzene rings is 1. The fourth-order valence-corrected chi connectivity index (χ4v) is 2.21. The van der Waals surface area contributed by atoms with E-state index in [0.717, 1.165) is 0 Å². The third-order valence-corrected chi connectivity index (χ3v) is 3.72. The van der Waals surface area contributed by atoms with Gasteiger partial charge in [-0.05, 0) is 36.1 Å². The Kier molecular flexibility index (Phi) is 6.45. The molecule has 1 aromatic rings. The number of rotatable bonds is 6. The number of nitrogens with one attached hydrogen (secondary N) is 1. The van der Waals surface area contributed by atoms with Crippen molar-refractivity contribution in [3.63, 3.8) is 0 Å². The van der Waals surface area contributed by atoms with E-state index in [2.05, 4.69) is 21.2 Å². The second-order valence-electron chi connectivity index (χ2n) is 4.84. The first-order chi connectivity index (χ1) is 8.93. The highest BCUT2D eigenvalue weighted by molar-refractivity contribution is 9.10. The van der Waals surface area contributed by atoms with Crippen molar-refractivity contribution < 1.29 is 14.3 Å². The summed E-state index contributed by atoms with van der Waals surface area (Å²) in [6.07, 6.45) is 0.640. The average molecular weight is 332 g/mol. The van der Waals surface area contributed by atoms with E-state index in [4.69, 9.17) is 5.11 Å². The molecule has 2 N–H and O–H groups in total. The summed E-state index contributed by atoms with van der Waals surface area (Å²) in [6.45, 7) is 4.00. The Balaban J connectivity index is 2.66. The zero-order chi connectivity index (χ0) is 14.4. The number of aliphatic hydroxyl groups excluding tert-OH is 1. The van der Waals surface area contributed by atoms with Gasteiger partial charge in [0.2, 0.25) is 5.91 Å². The summed E-state index contributed by atoms with van der Waals surface area (Å²) >= 11 is 3.30. The van der Waals surface area contributed by atoms with Gasteiger partial charge in [-0.1, -0.05) is 29.8 Å². The predicted octanol–water partition coefficient (Wildman–Crippen LogP) is 2.65. The van der Waals surface area contributed by atoms with Gasteiger partial charge in [-0.2, -0.15) is 0 Å². The lowest BCUT2D eigenvalue weighted by Gasteiger charge is -2.21. The number of hydrogen-bond donors (Lipinski definition) is 2. The Hall–Kier alpha value is -0.940. The van der Waals surface area contributed by atoms with Crippen LogP contribution in [0.4, 0.5) is 4.39 Å². The molecule has 1 rings (SSSR count). The van der Waals surface area contributed by atoms with Crippen LogP contribution in [-0.2, 0) is 11.2 Å². The van der Waals surface area contributed by atoms with E-state index in [-0.39, 0.29) is 36.7 Å². The van der Waals surface area contributed by atoms with Crippen LogP contribution in [0, 0.1) is 11.7 Å². The molecule has 0 fully saturated rings. The quantitative estimate of drug-likeness (QED) is 0.841. The maximum absolute atomic E-state index is 13.1. The molecule has 1 atom stereocenters. The SMILES string of the molecule is CC(C)C(CCO)NC(=O)Cc1cc(F)ccc1Br. The molecule has 1 amide bonds. The molecule has 3 nitrogen and oxygen atoms in total. The smallest absolute Gasteiger partial charge is 0.224 e. The number of hydrogen-bond acceptors (Lipinski definition) is 2. The van der Waals surface area contributed by atoms with Crippen LogP contribution in [-0.4, -0.2) is 23.7 Å². The van der Waals surface area contributed by atoms with Crippen molar-refractivity contribution in [1.82, 2.24) is 5.32 Å². The molecule has 106 valence electrons. The van der Waals surface area contributed by atoms with Crippen LogP contribution in [0.3, 0.4) is 0 Å². The van der Waals surface area contributed by atoms with Gasteiger partial charge < -0.3 is 10.4 Å². The molecule has 0 saturated carbocycles. The van der Waals surface area contributed by atoms with Gasteiger partial charge in [0.1, 0.15) is 5.82 Å². The average Bonchev–Trinajstić information content (AvgIpc) is 2.33. The molecule has 0 heterocycles. The minimum Gasteiger partial charge on any atom is -0.396 e. The molecule has 0 spiro atoms. The second kappa shape index (κ2) is 7.60. The van der Waals surface area contributed by atoms with Gasteiger partial charge in [-0.25, -0.2) is 4.39 Å². The summed E-state index contributed by atoms with van der Waals surface area (Å²) in [5.74, 6) is -0.285. The van der Waals surface area contributed by atoms with Gasteiger partial charge in [0.25, 0.3) is 0 Å². The molecule has 0 radical (unpaired) electrons. The zero-order valence-electron chi connectivity index (χ0n) is 11.1. The molecular weight excluding hydrogens is 313 g/mol. The topological polar surface area (TPSA) is 49.3 Å². The van der Waals surface area contributed by atoms with Crippen molar-refractivity contribution >= 4 is 21.8 Å². The lowest BCUT2D eigenvalue weighted by molar-refractivity contribution is -0.121. The fraction of sp³-hybridized carbons (Fsp3) is 0.500. The Morgan fingerprint density at radius 2 is 2.16 bits per heavy atom. The van der Waals surface area contributed by atoms with Crippen molar-refractivity contribution in [2.45, 2.75) is 32.7 Å². The van der Waals surface area contributed by atoms with E-state index >= 15 is 0 Å². The Morgan fingerprint density at radius 3 is 2.74 bits per heavy atom. The standard InChI is InChI=1S/C14H19BrFNO2/c1-9(2)13(5-6-18)17-14(19)8-10-7-11(16)3-4-12(10)15/h3-4,7,9,13,18H,5-6,8H2,1-2H3,(H,17,19). The van der Waals surface area contributed by atoms with E-state index < -0.39 is 0 Å². The Morgan fingerprint density at radius 1 is 1.47 bits per heavy atom. The van der Waals surface area contributed by atoms with Crippen molar-refractivity contribution in [1.29, 1.82) is 0 Å². The molecule has 1 aromatic carbocycles. The lowest BCUT2D eigenvalue weighted by atomic mass is 10.0. The van der Waals surface area contributed by atoms with E-state index in [0.29, 0.717) is 16.5 Å². The van der Waals surface area contributed by atoms with Crippen LogP contribution in [0.1, 0.15) is 25.8 Å². The van der Waals surface area contributed by atoms with Crippen LogP contribution < -0.4 is 5.32 Å². The van der Waals surface area contributed by atoms with Crippen molar-refractivity contribution in [3.05, 3.63) is 34.1 Å². The highest BCUT2D eigenvalue weighted by Crippen LogP contribution is 2.18. The van der Waals surface area contributed by atoms with Gasteiger partial charge in [0.05, 0.1) is 6.42 Å². The summed E-state index contributed by atoms with van der Waals surface area (Å²) in [5.41, 5.74) is 0.615. The lowest BCUT2D eigenvalue weighted by Crippen LogP contribution is -2.40. The minimum absolute atomic E-state index is 0.0345. The minimum atomic E-state index is -0.359. The van der Waals surface area contributed by atoms with Gasteiger partial charge in [0, 0.05) is 17.1 Å². The maximum Gasteiger partial charge on any atom is 0.224 e. The first-order valence-electron chi connectivity index (χ1n) is 6.28. The van der Waals surface area contributed by atoms with Gasteiger partial charge in [-0.3, -0.25) is 4.79 Å². The number of carbonyl (C=O) groups excluding carboxylic acids is 1. The molecule has 0 saturated heterocycles. The molecule has 19 heavy (non-hydrogen) atoms. The van der Waals surface area contributed by atoms with Crippen LogP contribution in [0.25, 0.3) is 0 Å². The first kappa shape index (κ1) is 16.1. The van der Waals surface area contributed by atoms with Crippen molar-refractivity contribution in [3.8, 4) is 0 Å². The summed E-state index contributed by atoms with van der Waals surface area (Å²) in [7, 11) is 0. The number of amides is 1. The Bertz CT molecular complexity index is 437. The molecule has 0 aliphatic rings. The molecular formula is C14H19BrFNO2. The molecule has 0 aliphatic heterocycles. The summed E-state index contributed by atoms with van der Waals surface area (Å²) < 4.78 is 13.8. The second-order valence-corrected chi connectivity index (χ2v) is 5.70. The predicted molar refractivity (Wildman–Crippen MR) is 76.3 cm³/mol. The summed E-state index contributed by atoms with van der Waals surface area (Å²) in [5, 5.41) is 11.8. The number of aliphatic hydroxyl groups is 1. The van der Waals surface area contributed by atoms with E-state index in [1.807, 2.05) is 13.8 Å². The van der Waals surface area contributed by atoms with Crippen LogP contribution in [0.2, 0.25) is 0 Å². The largest absolute Gasteiger partial charge is 0.396 e. The van der Waals surface area contributed by atoms with Gasteiger partial charge in [-0.15, -0.1) is 0 Å². The molecule has 0 aliphatic carbocycles. The first-order valence-corrected chi connectivity index (χ1v) is 7.07. The van der Waals surface area contributed by atoms with Crippen LogP contribution in [0.5, 0.6) is 0 Å². The highest BCUT2D eigenvalue weighted by Gasteiger charge is 2.16. The summed E-state index contributed by atoms with van der Waals surface area (Å²) in [4.78, 5) is 11.9. The van der Waals surface area contributed by atoms with E-state index in [1.165, 1.54) is 12.1 Å². The normalized spacial score (nSPS) is 12.5. The Labute approximate surface area is 121 Å². The molecule has 0 bridgehead atoms. The molecule has 1 unspecified atom stereocenters. The zero-order valence-corrected chi connectivity index (χ0v) is 12.7. The molecule has 5 heteroatoms. The third-order valence-electron chi connectivity index (χ3n) is 2.95. The fourth-order valence-electron chi connectivity index (χ4n) is 1.82. The van der Waals surface area contributed by atoms with Crippen LogP contribution in [0.15, 0.2) is 22.7 Å². The van der Waals surface area contributed by atoms with E-state index in [9.17, 15) is 9.18 Å². The highest BCUT2D eigenvalue weighted by atomic mass is 79.9. The number of carbonyl (C=O) groups is 1. The summed E-state index contributed by atoms with van der Waals surface area (Å²) in [6, 6.07) is 4.21. The maximum atomic E-state index is 13.1. The molecule has 0 aromatic heterocycles. The van der Waals surface area contributed by atoms with Crippen molar-refractivity contribution in [2.75, 3.05) is 6.61 Å². The van der Waals surface area contributed by atoms with Gasteiger partial charge in [0.15, 0.2) is 0 Å². The van der Waals surface area contributed by atoms with Crippen LogP contribution >= 0.6 is 15.9 Å². The third kappa shape index (κ3) is 5.28. The van der Waals surface area contributed by atoms with Crippen molar-refractivity contribution in [2.24, 2.45) is 5.92 Å². The van der Waals surface area contributed by atoms with Gasteiger partial charge >= 0.3 is 0 Å². The number of halogens is 2. The van der Waals surface area contributed by atoms with E-state index in [1.54, 1.807) is 6.07 Å².